The second kappa shape index (κ2) is 3.46. The highest BCUT2D eigenvalue weighted by atomic mass is 15.4. The van der Waals surface area contributed by atoms with Gasteiger partial charge in [-0.05, 0) is 26.7 Å². The van der Waals surface area contributed by atoms with E-state index in [9.17, 15) is 0 Å². The predicted octanol–water partition coefficient (Wildman–Crippen LogP) is 1.11. The molecule has 1 aliphatic rings. The Balaban J connectivity index is 1.96. The second-order valence-corrected chi connectivity index (χ2v) is 3.87. The highest BCUT2D eigenvalue weighted by Crippen LogP contribution is 2.19. The zero-order valence-electron chi connectivity index (χ0n) is 8.20. The monoisotopic (exact) mass is 180 g/mol. The largest absolute Gasteiger partial charge is 0.307 e. The smallest absolute Gasteiger partial charge is 0.141 e. The van der Waals surface area contributed by atoms with E-state index >= 15 is 0 Å². The van der Waals surface area contributed by atoms with Crippen LogP contribution in [0.15, 0.2) is 6.33 Å². The zero-order valence-corrected chi connectivity index (χ0v) is 8.20. The molecule has 1 N–H and O–H groups in total. The highest BCUT2D eigenvalue weighted by molar-refractivity contribution is 4.89. The molecule has 1 saturated carbocycles. The minimum Gasteiger partial charge on any atom is -0.307 e. The van der Waals surface area contributed by atoms with Crippen LogP contribution in [0.25, 0.3) is 0 Å². The lowest BCUT2D eigenvalue weighted by Gasteiger charge is -2.09. The van der Waals surface area contributed by atoms with Crippen LogP contribution in [0.4, 0.5) is 0 Å². The number of hydrogen-bond acceptors (Lipinski definition) is 3. The van der Waals surface area contributed by atoms with Crippen LogP contribution in [-0.2, 0) is 6.54 Å². The summed E-state index contributed by atoms with van der Waals surface area (Å²) in [4.78, 5) is 4.23. The summed E-state index contributed by atoms with van der Waals surface area (Å²) in [5, 5.41) is 7.61. The average Bonchev–Trinajstić information content (AvgIpc) is 2.79. The number of nitrogens with one attached hydrogen (secondary N) is 1. The molecule has 0 amide bonds. The molecule has 0 atom stereocenters. The molecule has 4 heteroatoms. The van der Waals surface area contributed by atoms with Crippen molar-refractivity contribution in [2.24, 2.45) is 0 Å². The van der Waals surface area contributed by atoms with Gasteiger partial charge < -0.3 is 5.32 Å². The highest BCUT2D eigenvalue weighted by Gasteiger charge is 2.21. The SMILES string of the molecule is CC(C)n1ncnc1CNC1CC1. The molecule has 4 nitrogen and oxygen atoms in total. The van der Waals surface area contributed by atoms with Gasteiger partial charge in [0.15, 0.2) is 0 Å². The molecule has 0 aliphatic heterocycles. The Morgan fingerprint density at radius 1 is 1.62 bits per heavy atom. The molecule has 0 radical (unpaired) electrons. The molecule has 0 unspecified atom stereocenters. The van der Waals surface area contributed by atoms with E-state index < -0.39 is 0 Å². The lowest BCUT2D eigenvalue weighted by Crippen LogP contribution is -2.20. The molecule has 13 heavy (non-hydrogen) atoms. The Labute approximate surface area is 78.4 Å². The van der Waals surface area contributed by atoms with E-state index in [4.69, 9.17) is 0 Å². The molecule has 1 aromatic rings. The van der Waals surface area contributed by atoms with Gasteiger partial charge in [0.05, 0.1) is 6.54 Å². The predicted molar refractivity (Wildman–Crippen MR) is 50.3 cm³/mol. The number of hydrogen-bond donors (Lipinski definition) is 1. The van der Waals surface area contributed by atoms with Gasteiger partial charge in [0, 0.05) is 12.1 Å². The fraction of sp³-hybridized carbons (Fsp3) is 0.778. The summed E-state index contributed by atoms with van der Waals surface area (Å²) in [6.45, 7) is 5.09. The van der Waals surface area contributed by atoms with E-state index in [0.29, 0.717) is 6.04 Å². The quantitative estimate of drug-likeness (QED) is 0.754. The topological polar surface area (TPSA) is 42.7 Å². The number of rotatable bonds is 4. The van der Waals surface area contributed by atoms with Crippen molar-refractivity contribution >= 4 is 0 Å². The summed E-state index contributed by atoms with van der Waals surface area (Å²) in [6.07, 6.45) is 4.26. The van der Waals surface area contributed by atoms with Crippen molar-refractivity contribution in [2.45, 2.75) is 45.3 Å². The van der Waals surface area contributed by atoms with Gasteiger partial charge in [-0.15, -0.1) is 0 Å². The van der Waals surface area contributed by atoms with Crippen LogP contribution in [0.3, 0.4) is 0 Å². The van der Waals surface area contributed by atoms with E-state index in [1.807, 2.05) is 4.68 Å². The first-order valence-corrected chi connectivity index (χ1v) is 4.89. The van der Waals surface area contributed by atoms with Crippen LogP contribution in [0.2, 0.25) is 0 Å². The Morgan fingerprint density at radius 3 is 3.00 bits per heavy atom. The van der Waals surface area contributed by atoms with E-state index in [0.717, 1.165) is 18.4 Å². The molecule has 0 aromatic carbocycles. The summed E-state index contributed by atoms with van der Waals surface area (Å²) < 4.78 is 1.97. The van der Waals surface area contributed by atoms with Gasteiger partial charge >= 0.3 is 0 Å². The summed E-state index contributed by atoms with van der Waals surface area (Å²) in [6, 6.07) is 1.14. The van der Waals surface area contributed by atoms with Gasteiger partial charge in [-0.1, -0.05) is 0 Å². The summed E-state index contributed by atoms with van der Waals surface area (Å²) >= 11 is 0. The third-order valence-corrected chi connectivity index (χ3v) is 2.26. The Hall–Kier alpha value is -0.900. The minimum atomic E-state index is 0.401. The van der Waals surface area contributed by atoms with E-state index in [1.54, 1.807) is 6.33 Å². The zero-order chi connectivity index (χ0) is 9.26. The maximum Gasteiger partial charge on any atom is 0.141 e. The van der Waals surface area contributed by atoms with Crippen molar-refractivity contribution in [1.29, 1.82) is 0 Å². The van der Waals surface area contributed by atoms with Gasteiger partial charge in [0.1, 0.15) is 12.2 Å². The minimum absolute atomic E-state index is 0.401. The Kier molecular flexibility index (Phi) is 2.31. The number of aromatic nitrogens is 3. The standard InChI is InChI=1S/C9H16N4/c1-7(2)13-9(11-6-12-13)5-10-8-3-4-8/h6-8,10H,3-5H2,1-2H3. The molecule has 0 spiro atoms. The molecule has 1 aromatic heterocycles. The lowest BCUT2D eigenvalue weighted by atomic mass is 10.4. The second-order valence-electron chi connectivity index (χ2n) is 3.87. The number of nitrogens with zero attached hydrogens (tertiary/aromatic N) is 3. The molecule has 0 saturated heterocycles. The summed E-state index contributed by atoms with van der Waals surface area (Å²) in [5.41, 5.74) is 0. The summed E-state index contributed by atoms with van der Waals surface area (Å²) in [5.74, 6) is 1.04. The molecular formula is C9H16N4. The fourth-order valence-electron chi connectivity index (χ4n) is 1.35. The molecule has 0 bridgehead atoms. The molecular weight excluding hydrogens is 164 g/mol. The average molecular weight is 180 g/mol. The first-order chi connectivity index (χ1) is 6.27. The van der Waals surface area contributed by atoms with Crippen LogP contribution in [0.1, 0.15) is 38.6 Å². The lowest BCUT2D eigenvalue weighted by molar-refractivity contribution is 0.489. The van der Waals surface area contributed by atoms with Crippen LogP contribution >= 0.6 is 0 Å². The Bertz CT molecular complexity index is 275. The van der Waals surface area contributed by atoms with Gasteiger partial charge in [-0.3, -0.25) is 0 Å². The maximum absolute atomic E-state index is 4.23. The van der Waals surface area contributed by atoms with Gasteiger partial charge in [-0.25, -0.2) is 9.67 Å². The van der Waals surface area contributed by atoms with Gasteiger partial charge in [0.25, 0.3) is 0 Å². The molecule has 1 fully saturated rings. The van der Waals surface area contributed by atoms with Crippen molar-refractivity contribution in [3.63, 3.8) is 0 Å². The molecule has 2 rings (SSSR count). The van der Waals surface area contributed by atoms with Crippen LogP contribution in [0.5, 0.6) is 0 Å². The van der Waals surface area contributed by atoms with Crippen molar-refractivity contribution < 1.29 is 0 Å². The van der Waals surface area contributed by atoms with Crippen LogP contribution in [0, 0.1) is 0 Å². The first kappa shape index (κ1) is 8.69. The van der Waals surface area contributed by atoms with Crippen molar-refractivity contribution in [3.05, 3.63) is 12.2 Å². The van der Waals surface area contributed by atoms with E-state index in [-0.39, 0.29) is 0 Å². The van der Waals surface area contributed by atoms with E-state index in [2.05, 4.69) is 29.2 Å². The normalized spacial score (nSPS) is 16.8. The van der Waals surface area contributed by atoms with Crippen LogP contribution < -0.4 is 5.32 Å². The van der Waals surface area contributed by atoms with Crippen molar-refractivity contribution in [3.8, 4) is 0 Å². The first-order valence-electron chi connectivity index (χ1n) is 4.89. The summed E-state index contributed by atoms with van der Waals surface area (Å²) in [7, 11) is 0. The van der Waals surface area contributed by atoms with Crippen molar-refractivity contribution in [1.82, 2.24) is 20.1 Å². The maximum atomic E-state index is 4.23. The van der Waals surface area contributed by atoms with Gasteiger partial charge in [-0.2, -0.15) is 5.10 Å². The molecule has 1 aliphatic carbocycles. The Morgan fingerprint density at radius 2 is 2.38 bits per heavy atom. The molecule has 1 heterocycles. The van der Waals surface area contributed by atoms with Gasteiger partial charge in [0.2, 0.25) is 0 Å². The van der Waals surface area contributed by atoms with E-state index in [1.165, 1.54) is 12.8 Å². The third kappa shape index (κ3) is 2.06. The fourth-order valence-corrected chi connectivity index (χ4v) is 1.35. The van der Waals surface area contributed by atoms with Crippen molar-refractivity contribution in [2.75, 3.05) is 0 Å². The third-order valence-electron chi connectivity index (χ3n) is 2.26. The van der Waals surface area contributed by atoms with Crippen LogP contribution in [-0.4, -0.2) is 20.8 Å². The molecule has 72 valence electrons.